The third-order valence-electron chi connectivity index (χ3n) is 5.26. The Morgan fingerprint density at radius 1 is 1.00 bits per heavy atom. The minimum atomic E-state index is -4.36. The topological polar surface area (TPSA) is 87.5 Å². The highest BCUT2D eigenvalue weighted by Gasteiger charge is 2.28. The monoisotopic (exact) mass is 453 g/mol. The van der Waals surface area contributed by atoms with E-state index in [-0.39, 0.29) is 0 Å². The summed E-state index contributed by atoms with van der Waals surface area (Å²) in [5, 5.41) is 7.89. The zero-order chi connectivity index (χ0) is 23.2. The van der Waals surface area contributed by atoms with Crippen molar-refractivity contribution in [1.29, 1.82) is 0 Å². The van der Waals surface area contributed by atoms with Crippen LogP contribution >= 0.6 is 0 Å². The number of fused-ring (bicyclic) bond motifs is 1. The number of hydrogen-bond acceptors (Lipinski definition) is 6. The van der Waals surface area contributed by atoms with Gasteiger partial charge in [-0.05, 0) is 26.0 Å². The van der Waals surface area contributed by atoms with Gasteiger partial charge in [0.15, 0.2) is 0 Å². The zero-order valence-electron chi connectivity index (χ0n) is 17.7. The molecule has 8 nitrogen and oxygen atoms in total. The molecule has 0 aliphatic rings. The Balaban J connectivity index is 1.64. The van der Waals surface area contributed by atoms with Gasteiger partial charge in [-0.25, -0.2) is 9.97 Å². The summed E-state index contributed by atoms with van der Waals surface area (Å²) in [6.07, 6.45) is 5.28. The average molecular weight is 453 g/mol. The van der Waals surface area contributed by atoms with E-state index in [1.165, 1.54) is 12.4 Å². The molecule has 0 aromatic carbocycles. The molecular weight excluding hydrogens is 435 g/mol. The van der Waals surface area contributed by atoms with Gasteiger partial charge in [-0.1, -0.05) is 5.16 Å². The second-order valence-electron chi connectivity index (χ2n) is 7.67. The molecule has 0 N–H and O–H groups in total. The highest BCUT2D eigenvalue weighted by atomic mass is 19.4. The fraction of sp³-hybridized carbons (Fsp3) is 0.227. The molecule has 33 heavy (non-hydrogen) atoms. The molecule has 168 valence electrons. The summed E-state index contributed by atoms with van der Waals surface area (Å²) in [5.74, 6) is 1.27. The van der Waals surface area contributed by atoms with E-state index < -0.39 is 12.7 Å². The summed E-state index contributed by atoms with van der Waals surface area (Å²) in [7, 11) is 0. The molecule has 0 saturated heterocycles. The van der Waals surface area contributed by atoms with Crippen LogP contribution in [-0.4, -0.2) is 40.6 Å². The van der Waals surface area contributed by atoms with Crippen molar-refractivity contribution in [3.63, 3.8) is 0 Å². The summed E-state index contributed by atoms with van der Waals surface area (Å²) < 4.78 is 46.5. The van der Waals surface area contributed by atoms with Crippen molar-refractivity contribution in [2.24, 2.45) is 0 Å². The lowest BCUT2D eigenvalue weighted by Gasteiger charge is -2.06. The van der Waals surface area contributed by atoms with Crippen LogP contribution in [0, 0.1) is 13.8 Å². The van der Waals surface area contributed by atoms with E-state index >= 15 is 0 Å². The fourth-order valence-corrected chi connectivity index (χ4v) is 3.88. The standard InChI is InChI=1S/C22H18F3N7O/c1-13-20(14(2)33-30-13)15-6-18-21(28-7-15)17(10-31(18)11-19-26-4-3-5-27-19)16-8-29-32(9-16)12-22(23,24)25/h3-10H,11-12H2,1-2H3. The van der Waals surface area contributed by atoms with Crippen molar-refractivity contribution < 1.29 is 17.7 Å². The Morgan fingerprint density at radius 3 is 2.48 bits per heavy atom. The molecule has 11 heteroatoms. The first-order chi connectivity index (χ1) is 15.8. The predicted octanol–water partition coefficient (Wildman–Crippen LogP) is 4.57. The van der Waals surface area contributed by atoms with Crippen LogP contribution in [0.25, 0.3) is 33.3 Å². The molecule has 0 aliphatic carbocycles. The second kappa shape index (κ2) is 7.84. The van der Waals surface area contributed by atoms with Gasteiger partial charge in [-0.3, -0.25) is 9.67 Å². The molecular formula is C22H18F3N7O. The van der Waals surface area contributed by atoms with Gasteiger partial charge < -0.3 is 9.09 Å². The first kappa shape index (κ1) is 20.9. The van der Waals surface area contributed by atoms with Gasteiger partial charge in [0.05, 0.1) is 29.5 Å². The highest BCUT2D eigenvalue weighted by Crippen LogP contribution is 2.34. The third-order valence-corrected chi connectivity index (χ3v) is 5.26. The first-order valence-corrected chi connectivity index (χ1v) is 10.1. The maximum atomic E-state index is 12.8. The van der Waals surface area contributed by atoms with Gasteiger partial charge >= 0.3 is 6.18 Å². The van der Waals surface area contributed by atoms with Crippen molar-refractivity contribution in [3.8, 4) is 22.3 Å². The molecule has 0 aliphatic heterocycles. The Labute approximate surface area is 185 Å². The lowest BCUT2D eigenvalue weighted by atomic mass is 10.1. The molecule has 5 aromatic heterocycles. The Kier molecular flexibility index (Phi) is 4.95. The molecule has 0 unspecified atom stereocenters. The summed E-state index contributed by atoms with van der Waals surface area (Å²) in [6.45, 7) is 2.89. The van der Waals surface area contributed by atoms with Crippen molar-refractivity contribution in [2.75, 3.05) is 0 Å². The van der Waals surface area contributed by atoms with E-state index in [0.29, 0.717) is 34.8 Å². The number of pyridine rings is 1. The van der Waals surface area contributed by atoms with Crippen molar-refractivity contribution in [2.45, 2.75) is 33.1 Å². The lowest BCUT2D eigenvalue weighted by molar-refractivity contribution is -0.142. The van der Waals surface area contributed by atoms with Crippen molar-refractivity contribution >= 4 is 11.0 Å². The Bertz CT molecular complexity index is 1410. The van der Waals surface area contributed by atoms with Crippen LogP contribution < -0.4 is 0 Å². The number of halogens is 3. The van der Waals surface area contributed by atoms with Gasteiger partial charge in [0.1, 0.15) is 18.1 Å². The van der Waals surface area contributed by atoms with Gasteiger partial charge in [0.2, 0.25) is 0 Å². The van der Waals surface area contributed by atoms with Crippen LogP contribution in [-0.2, 0) is 13.1 Å². The van der Waals surface area contributed by atoms with E-state index in [0.717, 1.165) is 27.0 Å². The Hall–Kier alpha value is -4.02. The molecule has 0 bridgehead atoms. The highest BCUT2D eigenvalue weighted by molar-refractivity contribution is 5.94. The lowest BCUT2D eigenvalue weighted by Crippen LogP contribution is -2.17. The molecule has 0 spiro atoms. The first-order valence-electron chi connectivity index (χ1n) is 10.1. The van der Waals surface area contributed by atoms with Crippen LogP contribution in [0.4, 0.5) is 13.2 Å². The van der Waals surface area contributed by atoms with Crippen molar-refractivity contribution in [3.05, 3.63) is 66.6 Å². The van der Waals surface area contributed by atoms with Crippen LogP contribution in [0.5, 0.6) is 0 Å². The number of hydrogen-bond donors (Lipinski definition) is 0. The normalized spacial score (nSPS) is 12.0. The summed E-state index contributed by atoms with van der Waals surface area (Å²) in [5.41, 5.74) is 5.03. The number of aromatic nitrogens is 7. The minimum absolute atomic E-state index is 0.362. The smallest absolute Gasteiger partial charge is 0.361 e. The molecule has 5 aromatic rings. The van der Waals surface area contributed by atoms with Gasteiger partial charge in [-0.15, -0.1) is 0 Å². The Morgan fingerprint density at radius 2 is 1.79 bits per heavy atom. The van der Waals surface area contributed by atoms with Crippen LogP contribution in [0.1, 0.15) is 17.3 Å². The summed E-state index contributed by atoms with van der Waals surface area (Å²) >= 11 is 0. The molecule has 0 atom stereocenters. The van der Waals surface area contributed by atoms with Crippen LogP contribution in [0.3, 0.4) is 0 Å². The van der Waals surface area contributed by atoms with Crippen molar-refractivity contribution in [1.82, 2.24) is 34.5 Å². The molecule has 0 fully saturated rings. The summed E-state index contributed by atoms with van der Waals surface area (Å²) in [6, 6.07) is 3.69. The van der Waals surface area contributed by atoms with E-state index in [9.17, 15) is 13.2 Å². The third kappa shape index (κ3) is 4.09. The molecule has 0 saturated carbocycles. The summed E-state index contributed by atoms with van der Waals surface area (Å²) in [4.78, 5) is 13.2. The number of rotatable bonds is 5. The van der Waals surface area contributed by atoms with E-state index in [1.54, 1.807) is 24.7 Å². The zero-order valence-corrected chi connectivity index (χ0v) is 17.7. The fourth-order valence-electron chi connectivity index (χ4n) is 3.88. The SMILES string of the molecule is Cc1noc(C)c1-c1cnc2c(-c3cnn(CC(F)(F)F)c3)cn(Cc3ncccn3)c2c1. The van der Waals surface area contributed by atoms with Crippen LogP contribution in [0.2, 0.25) is 0 Å². The van der Waals surface area contributed by atoms with Gasteiger partial charge in [-0.2, -0.15) is 18.3 Å². The molecule has 5 rings (SSSR count). The van der Waals surface area contributed by atoms with Crippen LogP contribution in [0.15, 0.2) is 53.8 Å². The second-order valence-corrected chi connectivity index (χ2v) is 7.67. The number of nitrogens with zero attached hydrogens (tertiary/aromatic N) is 7. The number of alkyl halides is 3. The average Bonchev–Trinajstić information content (AvgIpc) is 3.45. The van der Waals surface area contributed by atoms with Gasteiger partial charge in [0, 0.05) is 53.2 Å². The largest absolute Gasteiger partial charge is 0.408 e. The van der Waals surface area contributed by atoms with Gasteiger partial charge in [0.25, 0.3) is 0 Å². The quantitative estimate of drug-likeness (QED) is 0.387. The molecule has 5 heterocycles. The maximum Gasteiger partial charge on any atom is 0.408 e. The van der Waals surface area contributed by atoms with E-state index in [1.807, 2.05) is 30.7 Å². The van der Waals surface area contributed by atoms with E-state index in [2.05, 4.69) is 25.2 Å². The number of aryl methyl sites for hydroxylation is 2. The predicted molar refractivity (Wildman–Crippen MR) is 113 cm³/mol. The minimum Gasteiger partial charge on any atom is -0.361 e. The molecule has 0 amide bonds. The molecule has 0 radical (unpaired) electrons. The maximum absolute atomic E-state index is 12.8. The van der Waals surface area contributed by atoms with E-state index in [4.69, 9.17) is 4.52 Å².